The van der Waals surface area contributed by atoms with Crippen LogP contribution in [0.25, 0.3) is 0 Å². The van der Waals surface area contributed by atoms with E-state index >= 15 is 0 Å². The molecule has 1 rings (SSSR count). The first-order valence-electron chi connectivity index (χ1n) is 6.46. The van der Waals surface area contributed by atoms with Crippen molar-refractivity contribution < 1.29 is 29.6 Å². The Morgan fingerprint density at radius 2 is 1.76 bits per heavy atom. The molecule has 0 aliphatic rings. The number of hydrogen-bond acceptors (Lipinski definition) is 5. The molecule has 0 aliphatic heterocycles. The summed E-state index contributed by atoms with van der Waals surface area (Å²) in [5.74, 6) is -0.981. The molecule has 0 saturated carbocycles. The molecule has 0 amide bonds. The third-order valence-electron chi connectivity index (χ3n) is 2.24. The van der Waals surface area contributed by atoms with E-state index in [2.05, 4.69) is 6.58 Å². The smallest absolute Gasteiger partial charge is 0.327 e. The number of aliphatic hydroxyl groups excluding tert-OH is 2. The fourth-order valence-corrected chi connectivity index (χ4v) is 1.25. The van der Waals surface area contributed by atoms with E-state index in [4.69, 9.17) is 19.7 Å². The monoisotopic (exact) mass is 298 g/mol. The number of carboxylic acid groups (broad SMARTS) is 1. The van der Waals surface area contributed by atoms with E-state index in [1.54, 1.807) is 0 Å². The zero-order chi connectivity index (χ0) is 15.9. The average molecular weight is 298 g/mol. The molecule has 0 aromatic heterocycles. The minimum atomic E-state index is -0.981. The summed E-state index contributed by atoms with van der Waals surface area (Å²) in [6, 6.07) is 9.37. The molecule has 0 radical (unpaired) electrons. The third kappa shape index (κ3) is 11.8. The summed E-state index contributed by atoms with van der Waals surface area (Å²) >= 11 is 0. The van der Waals surface area contributed by atoms with Crippen LogP contribution in [0.4, 0.5) is 0 Å². The molecule has 0 bridgehead atoms. The van der Waals surface area contributed by atoms with Crippen LogP contribution in [0.2, 0.25) is 0 Å². The number of carbonyl (C=O) groups is 1. The van der Waals surface area contributed by atoms with Crippen LogP contribution in [0.5, 0.6) is 0 Å². The lowest BCUT2D eigenvalue weighted by Crippen LogP contribution is -2.12. The van der Waals surface area contributed by atoms with Crippen molar-refractivity contribution in [2.45, 2.75) is 6.10 Å². The molecular weight excluding hydrogens is 276 g/mol. The van der Waals surface area contributed by atoms with Crippen LogP contribution in [-0.4, -0.2) is 54.3 Å². The van der Waals surface area contributed by atoms with Gasteiger partial charge in [-0.3, -0.25) is 0 Å². The summed E-state index contributed by atoms with van der Waals surface area (Å²) in [6.07, 6.45) is 0.235. The molecule has 1 unspecified atom stereocenters. The molecule has 6 heteroatoms. The summed E-state index contributed by atoms with van der Waals surface area (Å²) in [4.78, 5) is 9.25. The Morgan fingerprint density at radius 1 is 1.19 bits per heavy atom. The number of hydrogen-bond donors (Lipinski definition) is 3. The quantitative estimate of drug-likeness (QED) is 0.465. The summed E-state index contributed by atoms with van der Waals surface area (Å²) in [5, 5.41) is 25.8. The van der Waals surface area contributed by atoms with E-state index in [-0.39, 0.29) is 13.2 Å². The molecule has 21 heavy (non-hydrogen) atoms. The molecule has 0 spiro atoms. The van der Waals surface area contributed by atoms with Crippen molar-refractivity contribution in [3.05, 3.63) is 48.6 Å². The predicted octanol–water partition coefficient (Wildman–Crippen LogP) is 1.00. The highest BCUT2D eigenvalue weighted by Gasteiger charge is 2.05. The summed E-state index contributed by atoms with van der Waals surface area (Å²) in [6.45, 7) is 4.41. The molecular formula is C15H22O6. The van der Waals surface area contributed by atoms with Gasteiger partial charge in [0.2, 0.25) is 0 Å². The van der Waals surface area contributed by atoms with Gasteiger partial charge in [0, 0.05) is 6.08 Å². The maximum Gasteiger partial charge on any atom is 0.327 e. The molecule has 3 N–H and O–H groups in total. The minimum Gasteiger partial charge on any atom is -0.478 e. The molecule has 6 nitrogen and oxygen atoms in total. The number of ether oxygens (including phenoxy) is 2. The highest BCUT2D eigenvalue weighted by Crippen LogP contribution is 2.11. The maximum absolute atomic E-state index is 9.72. The number of aliphatic hydroxyl groups is 2. The number of benzene rings is 1. The first-order chi connectivity index (χ1) is 10.1. The zero-order valence-electron chi connectivity index (χ0n) is 11.9. The van der Waals surface area contributed by atoms with Gasteiger partial charge in [-0.2, -0.15) is 0 Å². The van der Waals surface area contributed by atoms with Crippen molar-refractivity contribution in [3.63, 3.8) is 0 Å². The van der Waals surface area contributed by atoms with Crippen LogP contribution in [0, 0.1) is 0 Å². The van der Waals surface area contributed by atoms with Gasteiger partial charge in [-0.15, -0.1) is 0 Å². The van der Waals surface area contributed by atoms with Gasteiger partial charge in [0.15, 0.2) is 0 Å². The van der Waals surface area contributed by atoms with Gasteiger partial charge in [0.05, 0.1) is 33.0 Å². The van der Waals surface area contributed by atoms with E-state index < -0.39 is 12.1 Å². The van der Waals surface area contributed by atoms with Crippen molar-refractivity contribution in [2.75, 3.05) is 33.0 Å². The van der Waals surface area contributed by atoms with Gasteiger partial charge in [-0.05, 0) is 5.56 Å². The second kappa shape index (κ2) is 13.3. The lowest BCUT2D eigenvalue weighted by Gasteiger charge is -2.11. The Bertz CT molecular complexity index is 379. The van der Waals surface area contributed by atoms with Crippen molar-refractivity contribution in [2.24, 2.45) is 0 Å². The van der Waals surface area contributed by atoms with Crippen LogP contribution >= 0.6 is 0 Å². The topological polar surface area (TPSA) is 96.2 Å². The van der Waals surface area contributed by atoms with E-state index in [9.17, 15) is 9.90 Å². The number of rotatable bonds is 9. The number of carboxylic acids is 1. The molecule has 1 aromatic carbocycles. The molecule has 1 atom stereocenters. The van der Waals surface area contributed by atoms with Crippen molar-refractivity contribution in [1.29, 1.82) is 0 Å². The standard InChI is InChI=1S/C12H18O4.C3H4O2/c13-6-7-15-8-9-16-10-12(14)11-4-2-1-3-5-11;1-2-3(4)5/h1-5,12-14H,6-10H2;2H,1H2,(H,4,5). The lowest BCUT2D eigenvalue weighted by atomic mass is 10.1. The lowest BCUT2D eigenvalue weighted by molar-refractivity contribution is -0.131. The van der Waals surface area contributed by atoms with Crippen LogP contribution in [0.3, 0.4) is 0 Å². The van der Waals surface area contributed by atoms with Crippen LogP contribution in [-0.2, 0) is 14.3 Å². The van der Waals surface area contributed by atoms with Gasteiger partial charge in [-0.1, -0.05) is 36.9 Å². The van der Waals surface area contributed by atoms with Gasteiger partial charge in [0.25, 0.3) is 0 Å². The first kappa shape index (κ1) is 19.3. The van der Waals surface area contributed by atoms with E-state index in [1.807, 2.05) is 30.3 Å². The zero-order valence-corrected chi connectivity index (χ0v) is 11.9. The van der Waals surface area contributed by atoms with Gasteiger partial charge < -0.3 is 24.8 Å². The Morgan fingerprint density at radius 3 is 2.29 bits per heavy atom. The summed E-state index contributed by atoms with van der Waals surface area (Å²) < 4.78 is 10.3. The molecule has 0 saturated heterocycles. The first-order valence-corrected chi connectivity index (χ1v) is 6.46. The Hall–Kier alpha value is -1.73. The Balaban J connectivity index is 0.000000690. The highest BCUT2D eigenvalue weighted by atomic mass is 16.5. The van der Waals surface area contributed by atoms with Crippen LogP contribution in [0.15, 0.2) is 43.0 Å². The van der Waals surface area contributed by atoms with Crippen molar-refractivity contribution in [1.82, 2.24) is 0 Å². The maximum atomic E-state index is 9.72. The second-order valence-electron chi connectivity index (χ2n) is 3.88. The number of aliphatic carboxylic acids is 1. The minimum absolute atomic E-state index is 0.0205. The normalized spacial score (nSPS) is 11.1. The van der Waals surface area contributed by atoms with E-state index in [0.717, 1.165) is 11.6 Å². The Kier molecular flexibility index (Phi) is 12.2. The molecule has 0 aliphatic carbocycles. The summed E-state index contributed by atoms with van der Waals surface area (Å²) in [7, 11) is 0. The van der Waals surface area contributed by atoms with Crippen LogP contribution in [0.1, 0.15) is 11.7 Å². The summed E-state index contributed by atoms with van der Waals surface area (Å²) in [5.41, 5.74) is 0.846. The van der Waals surface area contributed by atoms with Gasteiger partial charge in [-0.25, -0.2) is 4.79 Å². The van der Waals surface area contributed by atoms with Crippen molar-refractivity contribution >= 4 is 5.97 Å². The van der Waals surface area contributed by atoms with Crippen molar-refractivity contribution in [3.8, 4) is 0 Å². The molecule has 1 aromatic rings. The SMILES string of the molecule is C=CC(=O)O.OCCOCCOCC(O)c1ccccc1. The van der Waals surface area contributed by atoms with Gasteiger partial charge in [0.1, 0.15) is 6.10 Å². The Labute approximate surface area is 124 Å². The average Bonchev–Trinajstić information content (AvgIpc) is 2.52. The molecule has 0 fully saturated rings. The van der Waals surface area contributed by atoms with Crippen LogP contribution < -0.4 is 0 Å². The third-order valence-corrected chi connectivity index (χ3v) is 2.24. The van der Waals surface area contributed by atoms with E-state index in [1.165, 1.54) is 0 Å². The molecule has 0 heterocycles. The predicted molar refractivity (Wildman–Crippen MR) is 78.0 cm³/mol. The highest BCUT2D eigenvalue weighted by molar-refractivity contribution is 5.78. The largest absolute Gasteiger partial charge is 0.478 e. The van der Waals surface area contributed by atoms with E-state index in [0.29, 0.717) is 19.8 Å². The van der Waals surface area contributed by atoms with Gasteiger partial charge >= 0.3 is 5.97 Å². The fourth-order valence-electron chi connectivity index (χ4n) is 1.25. The fraction of sp³-hybridized carbons (Fsp3) is 0.400. The molecule has 118 valence electrons. The second-order valence-corrected chi connectivity index (χ2v) is 3.88.